The van der Waals surface area contributed by atoms with Crippen LogP contribution in [0.3, 0.4) is 0 Å². The Bertz CT molecular complexity index is 1220. The fraction of sp³-hybridized carbons (Fsp3) is 0.583. The predicted octanol–water partition coefficient (Wildman–Crippen LogP) is 2.64. The quantitative estimate of drug-likeness (QED) is 0.431. The lowest BCUT2D eigenvalue weighted by molar-refractivity contribution is -0.137. The molecule has 0 unspecified atom stereocenters. The fourth-order valence-electron chi connectivity index (χ4n) is 5.08. The monoisotopic (exact) mass is 521 g/mol. The van der Waals surface area contributed by atoms with Crippen molar-refractivity contribution in [2.45, 2.75) is 63.3 Å². The number of hydrogen-bond donors (Lipinski definition) is 3. The summed E-state index contributed by atoms with van der Waals surface area (Å²) in [5, 5.41) is 24.7. The summed E-state index contributed by atoms with van der Waals surface area (Å²) >= 11 is 0. The zero-order valence-corrected chi connectivity index (χ0v) is 20.5. The van der Waals surface area contributed by atoms with Gasteiger partial charge in [-0.05, 0) is 38.8 Å². The van der Waals surface area contributed by atoms with Crippen molar-refractivity contribution in [1.82, 2.24) is 24.5 Å². The molecule has 1 saturated heterocycles. The van der Waals surface area contributed by atoms with E-state index in [1.807, 2.05) is 18.7 Å². The minimum absolute atomic E-state index is 0.0243. The molecule has 0 spiro atoms. The van der Waals surface area contributed by atoms with Crippen LogP contribution in [0, 0.1) is 5.92 Å². The van der Waals surface area contributed by atoms with Gasteiger partial charge in [0.15, 0.2) is 11.5 Å². The van der Waals surface area contributed by atoms with Crippen LogP contribution in [0.1, 0.15) is 38.3 Å². The molecule has 5 atom stereocenters. The molecule has 3 aromatic rings. The van der Waals surface area contributed by atoms with Gasteiger partial charge in [0, 0.05) is 31.2 Å². The lowest BCUT2D eigenvalue weighted by Crippen LogP contribution is -2.31. The third-order valence-electron chi connectivity index (χ3n) is 7.06. The molecule has 1 saturated carbocycles. The average molecular weight is 522 g/mol. The Morgan fingerprint density at radius 2 is 1.95 bits per heavy atom. The summed E-state index contributed by atoms with van der Waals surface area (Å²) in [6.07, 6.45) is -1.16. The maximum Gasteiger partial charge on any atom is 0.417 e. The van der Waals surface area contributed by atoms with E-state index in [0.29, 0.717) is 48.9 Å². The first kappa shape index (κ1) is 25.6. The molecule has 13 heteroatoms. The molecule has 200 valence electrons. The molecule has 0 aromatic carbocycles. The van der Waals surface area contributed by atoms with Crippen molar-refractivity contribution in [3.63, 3.8) is 0 Å². The van der Waals surface area contributed by atoms with Gasteiger partial charge < -0.3 is 29.7 Å². The number of aromatic nitrogens is 5. The largest absolute Gasteiger partial charge is 0.417 e. The molecule has 10 nitrogen and oxygen atoms in total. The van der Waals surface area contributed by atoms with Gasteiger partial charge in [0.25, 0.3) is 0 Å². The van der Waals surface area contributed by atoms with Crippen LogP contribution in [-0.2, 0) is 10.9 Å². The normalized spacial score (nSPS) is 26.5. The van der Waals surface area contributed by atoms with Gasteiger partial charge >= 0.3 is 6.18 Å². The van der Waals surface area contributed by atoms with E-state index in [1.54, 1.807) is 10.9 Å². The number of aliphatic hydroxyl groups is 2. The third kappa shape index (κ3) is 5.20. The van der Waals surface area contributed by atoms with Crippen LogP contribution >= 0.6 is 0 Å². The smallest absolute Gasteiger partial charge is 0.390 e. The number of alkyl halides is 3. The van der Waals surface area contributed by atoms with Crippen molar-refractivity contribution in [2.75, 3.05) is 29.9 Å². The Kier molecular flexibility index (Phi) is 6.94. The fourth-order valence-corrected chi connectivity index (χ4v) is 5.08. The van der Waals surface area contributed by atoms with Crippen molar-refractivity contribution < 1.29 is 28.1 Å². The Balaban J connectivity index is 1.28. The number of ether oxygens (including phenoxy) is 1. The Labute approximate surface area is 211 Å². The van der Waals surface area contributed by atoms with Crippen LogP contribution in [0.5, 0.6) is 0 Å². The van der Waals surface area contributed by atoms with E-state index in [0.717, 1.165) is 18.7 Å². The second-order valence-corrected chi connectivity index (χ2v) is 9.95. The van der Waals surface area contributed by atoms with E-state index >= 15 is 0 Å². The van der Waals surface area contributed by atoms with E-state index < -0.39 is 30.0 Å². The molecule has 5 rings (SSSR count). The van der Waals surface area contributed by atoms with Crippen LogP contribution in [0.4, 0.5) is 24.8 Å². The van der Waals surface area contributed by atoms with Crippen LogP contribution in [-0.4, -0.2) is 78.8 Å². The van der Waals surface area contributed by atoms with Crippen LogP contribution < -0.4 is 10.2 Å². The molecule has 3 aromatic heterocycles. The van der Waals surface area contributed by atoms with E-state index in [-0.39, 0.29) is 18.1 Å². The number of nitrogens with zero attached hydrogens (tertiary/aromatic N) is 6. The summed E-state index contributed by atoms with van der Waals surface area (Å²) in [5.41, 5.74) is 0.304. The second kappa shape index (κ2) is 10.0. The van der Waals surface area contributed by atoms with Crippen LogP contribution in [0.2, 0.25) is 0 Å². The van der Waals surface area contributed by atoms with Gasteiger partial charge in [0.2, 0.25) is 0 Å². The van der Waals surface area contributed by atoms with E-state index in [9.17, 15) is 23.4 Å². The highest BCUT2D eigenvalue weighted by Gasteiger charge is 2.43. The number of nitrogens with one attached hydrogen (secondary N) is 1. The Morgan fingerprint density at radius 1 is 1.14 bits per heavy atom. The minimum Gasteiger partial charge on any atom is -0.390 e. The second-order valence-electron chi connectivity index (χ2n) is 9.95. The van der Waals surface area contributed by atoms with Gasteiger partial charge in [-0.2, -0.15) is 13.2 Å². The summed E-state index contributed by atoms with van der Waals surface area (Å²) < 4.78 is 46.0. The van der Waals surface area contributed by atoms with Gasteiger partial charge in [0.05, 0.1) is 36.7 Å². The molecule has 37 heavy (non-hydrogen) atoms. The van der Waals surface area contributed by atoms with Crippen LogP contribution in [0.25, 0.3) is 11.2 Å². The Morgan fingerprint density at radius 3 is 2.65 bits per heavy atom. The van der Waals surface area contributed by atoms with Crippen molar-refractivity contribution in [2.24, 2.45) is 5.92 Å². The summed E-state index contributed by atoms with van der Waals surface area (Å²) in [6, 6.07) is 1.99. The number of aliphatic hydroxyl groups excluding tert-OH is 2. The predicted molar refractivity (Wildman–Crippen MR) is 129 cm³/mol. The van der Waals surface area contributed by atoms with Crippen molar-refractivity contribution in [1.29, 1.82) is 0 Å². The first-order valence-electron chi connectivity index (χ1n) is 12.3. The zero-order valence-electron chi connectivity index (χ0n) is 20.5. The highest BCUT2D eigenvalue weighted by atomic mass is 19.4. The molecular weight excluding hydrogens is 491 g/mol. The summed E-state index contributed by atoms with van der Waals surface area (Å²) in [7, 11) is 0. The maximum atomic E-state index is 12.8. The first-order chi connectivity index (χ1) is 17.6. The van der Waals surface area contributed by atoms with Crippen LogP contribution in [0.15, 0.2) is 31.0 Å². The number of anilines is 2. The molecule has 3 N–H and O–H groups in total. The summed E-state index contributed by atoms with van der Waals surface area (Å²) in [6.45, 7) is 5.37. The van der Waals surface area contributed by atoms with Gasteiger partial charge in [-0.1, -0.05) is 0 Å². The molecule has 2 fully saturated rings. The molecule has 4 heterocycles. The average Bonchev–Trinajstić information content (AvgIpc) is 3.57. The standard InChI is InChI=1S/C24H30F3N7O3/c1-13(2)37-10-14-7-17(21(36)20(14)35)34-12-31-19-22(29-11-30-23(19)34)32-16-5-6-33(9-16)18-4-3-15(8-28-18)24(25,26)27/h3-4,8,11-14,16-17,20-21,35-36H,5-7,9-10H2,1-2H3,(H,29,30,32)/t14-,16+,17-,20-,21+/m1/s1. The van der Waals surface area contributed by atoms with Crippen molar-refractivity contribution in [3.05, 3.63) is 36.5 Å². The summed E-state index contributed by atoms with van der Waals surface area (Å²) in [5.74, 6) is 0.811. The third-order valence-corrected chi connectivity index (χ3v) is 7.06. The zero-order chi connectivity index (χ0) is 26.3. The van der Waals surface area contributed by atoms with E-state index in [2.05, 4.69) is 25.3 Å². The summed E-state index contributed by atoms with van der Waals surface area (Å²) in [4.78, 5) is 19.1. The number of halogens is 3. The topological polar surface area (TPSA) is 121 Å². The van der Waals surface area contributed by atoms with Gasteiger partial charge in [-0.3, -0.25) is 0 Å². The van der Waals surface area contributed by atoms with E-state index in [1.165, 1.54) is 12.4 Å². The molecule has 2 aliphatic rings. The highest BCUT2D eigenvalue weighted by molar-refractivity contribution is 5.83. The highest BCUT2D eigenvalue weighted by Crippen LogP contribution is 2.38. The number of pyridine rings is 1. The first-order valence-corrected chi connectivity index (χ1v) is 12.3. The van der Waals surface area contributed by atoms with Gasteiger partial charge in [0.1, 0.15) is 23.8 Å². The number of rotatable bonds is 7. The lowest BCUT2D eigenvalue weighted by Gasteiger charge is -2.19. The number of imidazole rings is 1. The molecule has 0 amide bonds. The molecule has 1 aliphatic heterocycles. The SMILES string of the molecule is CC(C)OC[C@H]1C[C@@H](n2cnc3c(N[C@H]4CCN(c5ccc(C(F)(F)F)cn5)C4)ncnc32)[C@H](O)[C@@H]1O. The number of fused-ring (bicyclic) bond motifs is 1. The van der Waals surface area contributed by atoms with E-state index in [4.69, 9.17) is 4.74 Å². The van der Waals surface area contributed by atoms with Gasteiger partial charge in [-0.25, -0.2) is 19.9 Å². The minimum atomic E-state index is -4.42. The van der Waals surface area contributed by atoms with Gasteiger partial charge in [-0.15, -0.1) is 0 Å². The van der Waals surface area contributed by atoms with Crippen molar-refractivity contribution in [3.8, 4) is 0 Å². The molecular formula is C24H30F3N7O3. The molecule has 1 aliphatic carbocycles. The molecule has 0 radical (unpaired) electrons. The van der Waals surface area contributed by atoms with Crippen molar-refractivity contribution >= 4 is 22.8 Å². The maximum absolute atomic E-state index is 12.8. The molecule has 0 bridgehead atoms. The Hall–Kier alpha value is -3.03. The number of hydrogen-bond acceptors (Lipinski definition) is 9. The lowest BCUT2D eigenvalue weighted by atomic mass is 10.1.